The highest BCUT2D eigenvalue weighted by Gasteiger charge is 2.09. The summed E-state index contributed by atoms with van der Waals surface area (Å²) in [4.78, 5) is 0. The lowest BCUT2D eigenvalue weighted by molar-refractivity contribution is 0.0630. The number of thiol groups is 1. The maximum Gasteiger partial charge on any atom is 0.0858 e. The molecule has 0 rings (SSSR count). The van der Waals surface area contributed by atoms with Crippen molar-refractivity contribution in [1.29, 1.82) is 0 Å². The molecule has 0 aliphatic heterocycles. The molecule has 0 radical (unpaired) electrons. The SMILES string of the molecule is CCCCC(CC)COCC(CC)CCCC.OCC(O)CS. The highest BCUT2D eigenvalue weighted by atomic mass is 32.1. The fourth-order valence-electron chi connectivity index (χ4n) is 2.26. The van der Waals surface area contributed by atoms with Crippen LogP contribution in [0, 0.1) is 11.8 Å². The predicted octanol–water partition coefficient (Wildman–Crippen LogP) is 4.71. The summed E-state index contributed by atoms with van der Waals surface area (Å²) < 4.78 is 5.93. The van der Waals surface area contributed by atoms with Crippen LogP contribution in [0.4, 0.5) is 0 Å². The van der Waals surface area contributed by atoms with Crippen molar-refractivity contribution >= 4 is 12.6 Å². The quantitative estimate of drug-likeness (QED) is 0.398. The van der Waals surface area contributed by atoms with E-state index in [-0.39, 0.29) is 6.61 Å². The van der Waals surface area contributed by atoms with Gasteiger partial charge in [-0.3, -0.25) is 0 Å². The molecule has 0 aromatic carbocycles. The average Bonchev–Trinajstić information content (AvgIpc) is 2.60. The monoisotopic (exact) mass is 350 g/mol. The van der Waals surface area contributed by atoms with Crippen molar-refractivity contribution < 1.29 is 14.9 Å². The van der Waals surface area contributed by atoms with Crippen molar-refractivity contribution in [1.82, 2.24) is 0 Å². The van der Waals surface area contributed by atoms with Crippen LogP contribution in [0.1, 0.15) is 79.1 Å². The predicted molar refractivity (Wildman–Crippen MR) is 104 cm³/mol. The molecular formula is C19H42O3S. The van der Waals surface area contributed by atoms with Gasteiger partial charge >= 0.3 is 0 Å². The van der Waals surface area contributed by atoms with E-state index in [1.807, 2.05) is 0 Å². The van der Waals surface area contributed by atoms with Crippen LogP contribution in [-0.4, -0.2) is 41.9 Å². The molecular weight excluding hydrogens is 308 g/mol. The van der Waals surface area contributed by atoms with Crippen molar-refractivity contribution in [3.63, 3.8) is 0 Å². The second kappa shape index (κ2) is 20.3. The van der Waals surface area contributed by atoms with Gasteiger partial charge in [0.15, 0.2) is 0 Å². The summed E-state index contributed by atoms with van der Waals surface area (Å²) in [5.41, 5.74) is 0. The maximum atomic E-state index is 8.34. The van der Waals surface area contributed by atoms with Gasteiger partial charge in [-0.1, -0.05) is 66.2 Å². The molecule has 0 saturated heterocycles. The molecule has 4 heteroatoms. The lowest BCUT2D eigenvalue weighted by atomic mass is 9.99. The van der Waals surface area contributed by atoms with Crippen molar-refractivity contribution in [3.8, 4) is 0 Å². The molecule has 0 spiro atoms. The molecule has 3 unspecified atom stereocenters. The minimum absolute atomic E-state index is 0.191. The van der Waals surface area contributed by atoms with Crippen molar-refractivity contribution in [2.75, 3.05) is 25.6 Å². The van der Waals surface area contributed by atoms with Gasteiger partial charge in [-0.25, -0.2) is 0 Å². The molecule has 0 heterocycles. The Morgan fingerprint density at radius 2 is 1.30 bits per heavy atom. The van der Waals surface area contributed by atoms with Crippen LogP contribution in [0.3, 0.4) is 0 Å². The second-order valence-electron chi connectivity index (χ2n) is 6.39. The lowest BCUT2D eigenvalue weighted by Gasteiger charge is -2.18. The normalized spacial score (nSPS) is 14.7. The zero-order chi connectivity index (χ0) is 17.9. The fraction of sp³-hybridized carbons (Fsp3) is 1.00. The molecule has 3 atom stereocenters. The molecule has 0 aliphatic rings. The van der Waals surface area contributed by atoms with Gasteiger partial charge in [0.2, 0.25) is 0 Å². The van der Waals surface area contributed by atoms with E-state index >= 15 is 0 Å². The molecule has 0 fully saturated rings. The third kappa shape index (κ3) is 18.4. The van der Waals surface area contributed by atoms with Crippen molar-refractivity contribution in [2.24, 2.45) is 11.8 Å². The number of rotatable bonds is 14. The van der Waals surface area contributed by atoms with Crippen LogP contribution in [-0.2, 0) is 4.74 Å². The third-order valence-electron chi connectivity index (χ3n) is 4.22. The van der Waals surface area contributed by atoms with Gasteiger partial charge in [-0.05, 0) is 24.7 Å². The first-order chi connectivity index (χ1) is 11.1. The standard InChI is InChI=1S/C16H34O.C3H8O2S/c1-5-9-11-15(7-3)13-17-14-16(8-4)12-10-6-2;4-1-3(5)2-6/h15-16H,5-14H2,1-4H3;3-6H,1-2H2. The number of aliphatic hydroxyl groups is 2. The number of aliphatic hydroxyl groups excluding tert-OH is 2. The summed E-state index contributed by atoms with van der Waals surface area (Å²) in [5.74, 6) is 1.91. The summed E-state index contributed by atoms with van der Waals surface area (Å²) in [6, 6.07) is 0. The first kappa shape index (κ1) is 25.5. The summed E-state index contributed by atoms with van der Waals surface area (Å²) in [6.45, 7) is 10.9. The first-order valence-electron chi connectivity index (χ1n) is 9.56. The molecule has 0 aliphatic carbocycles. The van der Waals surface area contributed by atoms with E-state index in [9.17, 15) is 0 Å². The zero-order valence-corrected chi connectivity index (χ0v) is 16.9. The third-order valence-corrected chi connectivity index (χ3v) is 4.64. The minimum atomic E-state index is -0.645. The maximum absolute atomic E-state index is 8.34. The molecule has 0 aromatic heterocycles. The van der Waals surface area contributed by atoms with Crippen LogP contribution >= 0.6 is 12.6 Å². The van der Waals surface area contributed by atoms with Gasteiger partial charge in [0.25, 0.3) is 0 Å². The van der Waals surface area contributed by atoms with E-state index in [0.717, 1.165) is 25.0 Å². The Hall–Kier alpha value is 0.230. The molecule has 142 valence electrons. The van der Waals surface area contributed by atoms with Gasteiger partial charge in [0.05, 0.1) is 12.7 Å². The van der Waals surface area contributed by atoms with Gasteiger partial charge in [-0.15, -0.1) is 0 Å². The topological polar surface area (TPSA) is 49.7 Å². The Labute approximate surface area is 150 Å². The Balaban J connectivity index is 0. The summed E-state index contributed by atoms with van der Waals surface area (Å²) in [5, 5.41) is 16.4. The molecule has 0 amide bonds. The van der Waals surface area contributed by atoms with E-state index in [2.05, 4.69) is 40.3 Å². The van der Waals surface area contributed by atoms with E-state index in [0.29, 0.717) is 5.75 Å². The molecule has 23 heavy (non-hydrogen) atoms. The highest BCUT2D eigenvalue weighted by Crippen LogP contribution is 2.16. The van der Waals surface area contributed by atoms with Gasteiger partial charge in [0.1, 0.15) is 0 Å². The van der Waals surface area contributed by atoms with E-state index in [1.165, 1.54) is 51.4 Å². The lowest BCUT2D eigenvalue weighted by Crippen LogP contribution is -2.14. The van der Waals surface area contributed by atoms with Gasteiger partial charge in [-0.2, -0.15) is 12.6 Å². The van der Waals surface area contributed by atoms with Crippen LogP contribution in [0.2, 0.25) is 0 Å². The smallest absolute Gasteiger partial charge is 0.0858 e. The summed E-state index contributed by atoms with van der Waals surface area (Å²) in [7, 11) is 0. The van der Waals surface area contributed by atoms with Gasteiger partial charge < -0.3 is 14.9 Å². The summed E-state index contributed by atoms with van der Waals surface area (Å²) >= 11 is 3.69. The Morgan fingerprint density at radius 3 is 1.52 bits per heavy atom. The van der Waals surface area contributed by atoms with Crippen molar-refractivity contribution in [2.45, 2.75) is 85.2 Å². The van der Waals surface area contributed by atoms with E-state index in [4.69, 9.17) is 14.9 Å². The zero-order valence-electron chi connectivity index (χ0n) is 16.0. The second-order valence-corrected chi connectivity index (χ2v) is 6.75. The van der Waals surface area contributed by atoms with E-state index in [1.54, 1.807) is 0 Å². The van der Waals surface area contributed by atoms with Gasteiger partial charge in [0, 0.05) is 19.0 Å². The number of hydrogen-bond acceptors (Lipinski definition) is 4. The minimum Gasteiger partial charge on any atom is -0.394 e. The molecule has 0 bridgehead atoms. The van der Waals surface area contributed by atoms with E-state index < -0.39 is 6.10 Å². The molecule has 2 N–H and O–H groups in total. The largest absolute Gasteiger partial charge is 0.394 e. The number of ether oxygens (including phenoxy) is 1. The highest BCUT2D eigenvalue weighted by molar-refractivity contribution is 7.80. The molecule has 3 nitrogen and oxygen atoms in total. The van der Waals surface area contributed by atoms with Crippen LogP contribution in [0.25, 0.3) is 0 Å². The number of hydrogen-bond donors (Lipinski definition) is 3. The molecule has 0 aromatic rings. The Bertz CT molecular complexity index is 195. The van der Waals surface area contributed by atoms with Crippen LogP contribution < -0.4 is 0 Å². The fourth-order valence-corrected chi connectivity index (χ4v) is 2.37. The first-order valence-corrected chi connectivity index (χ1v) is 10.2. The van der Waals surface area contributed by atoms with Crippen LogP contribution in [0.5, 0.6) is 0 Å². The summed E-state index contributed by atoms with van der Waals surface area (Å²) in [6.07, 6.45) is 9.92. The van der Waals surface area contributed by atoms with Crippen molar-refractivity contribution in [3.05, 3.63) is 0 Å². The number of unbranched alkanes of at least 4 members (excludes halogenated alkanes) is 2. The van der Waals surface area contributed by atoms with Crippen LogP contribution in [0.15, 0.2) is 0 Å². The molecule has 0 saturated carbocycles. The average molecular weight is 351 g/mol. The Morgan fingerprint density at radius 1 is 0.870 bits per heavy atom. The Kier molecular flexibility index (Phi) is 22.5.